The Morgan fingerprint density at radius 2 is 0.523 bits per heavy atom. The number of para-hydroxylation sites is 2. The molecular weight excluding hydrogens is 1820 g/mol. The predicted molar refractivity (Wildman–Crippen MR) is 598 cm³/mol. The van der Waals surface area contributed by atoms with Crippen molar-refractivity contribution in [3.63, 3.8) is 0 Å². The maximum absolute atomic E-state index is 6.06. The number of imidazole rings is 2. The van der Waals surface area contributed by atoms with Crippen LogP contribution in [0.4, 0.5) is 0 Å². The maximum atomic E-state index is 6.06. The molecule has 28 aromatic rings. The number of hydrogen-bond donors (Lipinski definition) is 0. The first-order valence-electron chi connectivity index (χ1n) is 50.4. The van der Waals surface area contributed by atoms with Crippen molar-refractivity contribution in [2.45, 2.75) is 16.2 Å². The van der Waals surface area contributed by atoms with E-state index in [1.807, 2.05) is 114 Å². The highest BCUT2D eigenvalue weighted by atomic mass is 16.4. The average Bonchev–Trinajstić information content (AvgIpc) is 1.53. The summed E-state index contributed by atoms with van der Waals surface area (Å²) in [5.41, 5.74) is 41.9. The zero-order valence-corrected chi connectivity index (χ0v) is 80.5. The molecule has 0 saturated carbocycles. The second kappa shape index (κ2) is 34.7. The zero-order chi connectivity index (χ0) is 98.2. The van der Waals surface area contributed by atoms with Gasteiger partial charge < -0.3 is 18.1 Å². The summed E-state index contributed by atoms with van der Waals surface area (Å²) in [6.45, 7) is 0. The van der Waals surface area contributed by atoms with Gasteiger partial charge in [-0.3, -0.25) is 23.9 Å². The summed E-state index contributed by atoms with van der Waals surface area (Å²) in [7, 11) is 0. The highest BCUT2D eigenvalue weighted by Crippen LogP contribution is 2.62. The molecule has 698 valence electrons. The van der Waals surface area contributed by atoms with Crippen LogP contribution in [0.15, 0.2) is 533 Å². The van der Waals surface area contributed by atoms with Crippen LogP contribution >= 0.6 is 0 Å². The van der Waals surface area contributed by atoms with Crippen LogP contribution in [-0.4, -0.2) is 62.8 Å². The summed E-state index contributed by atoms with van der Waals surface area (Å²) in [6, 6.07) is 176. The Balaban J connectivity index is 0.000000105. The van der Waals surface area contributed by atoms with Crippen LogP contribution in [0.5, 0.6) is 0 Å². The van der Waals surface area contributed by atoms with Crippen molar-refractivity contribution in [1.29, 1.82) is 0 Å². The maximum Gasteiger partial charge on any atom is 0.248 e. The highest BCUT2D eigenvalue weighted by Gasteiger charge is 2.50. The predicted octanol–water partition coefficient (Wildman–Crippen LogP) is 31.1. The SMILES string of the molecule is c1ccc(-c2nc3ccccc3n2-c2ccc(-n3c4cc5c(cc4c4ncccc43)C(c3ccccc3)(c3ccccc3)c3ccccc3-5)cc2)cc1.c1ccc(-c2nnc(-c3ccc(-n4c5cc6c(cc5c5ncccc54)C(c4ccccc4)(c4ccccc4)c4ccccc4-6)cc3)o2)cc1.c1ccc(C2(c3ccccc3)c3ccccc3-c3cc4c(cc32)c2ncccc2n4-c2ccc(-c3cn4cccnc4n3)cc2)cc1. The number of rotatable bonds is 14. The van der Waals surface area contributed by atoms with Gasteiger partial charge in [-0.1, -0.05) is 328 Å². The summed E-state index contributed by atoms with van der Waals surface area (Å²) < 4.78 is 17.3. The standard InChI is InChI=1S/C49H32N4.C44H28N4O.C42H27N5/c1-4-15-33(16-5-1)48-51-43-23-12-13-24-44(43)53(48)37-28-26-36(27-29-37)52-45-25-14-30-50-47(45)40-31-42-39(32-46(40)52)38-21-10-11-22-41(38)49(42,34-17-6-2-7-18-34)35-19-8-3-9-20-35;1-4-13-29(14-5-1)42-46-47-43(49-42)30-22-24-33(25-23-30)48-39-21-12-26-45-41(39)36-27-38-35(28-40(36)48)34-19-10-11-20-37(34)44(38,31-15-6-2-7-16-31)32-17-8-3-9-18-32;1-3-11-29(12-4-1)42(30-13-5-2-6-14-30)35-16-8-7-15-32(35)33-26-39-34(25-36(33)42)40-38(17-9-22-43-40)47(39)31-20-18-28(19-21-31)37-27-46-24-10-23-44-41(46)45-37/h1-32H;1-28H;1-27H. The monoisotopic (exact) mass is 1910 g/mol. The largest absolute Gasteiger partial charge is 0.416 e. The topological polar surface area (TPSA) is 140 Å². The van der Waals surface area contributed by atoms with Crippen molar-refractivity contribution in [1.82, 2.24) is 62.8 Å². The summed E-state index contributed by atoms with van der Waals surface area (Å²) in [5.74, 6) is 2.61. The molecule has 0 bridgehead atoms. The van der Waals surface area contributed by atoms with E-state index in [0.29, 0.717) is 17.6 Å². The van der Waals surface area contributed by atoms with Crippen LogP contribution in [0.1, 0.15) is 66.8 Å². The Labute approximate surface area is 857 Å². The van der Waals surface area contributed by atoms with E-state index < -0.39 is 16.2 Å². The van der Waals surface area contributed by atoms with Crippen LogP contribution in [0.3, 0.4) is 0 Å². The van der Waals surface area contributed by atoms with E-state index in [-0.39, 0.29) is 0 Å². The minimum atomic E-state index is -0.476. The number of benzene rings is 18. The van der Waals surface area contributed by atoms with Gasteiger partial charge >= 0.3 is 0 Å². The van der Waals surface area contributed by atoms with Crippen LogP contribution < -0.4 is 0 Å². The van der Waals surface area contributed by atoms with Gasteiger partial charge in [0, 0.05) is 98.3 Å². The number of pyridine rings is 3. The number of aromatic nitrogens is 13. The van der Waals surface area contributed by atoms with Gasteiger partial charge in [0.2, 0.25) is 17.6 Å². The van der Waals surface area contributed by atoms with Gasteiger partial charge in [-0.25, -0.2) is 15.0 Å². The summed E-state index contributed by atoms with van der Waals surface area (Å²) >= 11 is 0. The molecule has 0 N–H and O–H groups in total. The van der Waals surface area contributed by atoms with Crippen molar-refractivity contribution in [2.75, 3.05) is 0 Å². The molecule has 31 rings (SSSR count). The zero-order valence-electron chi connectivity index (χ0n) is 80.5. The molecule has 0 unspecified atom stereocenters. The second-order valence-corrected chi connectivity index (χ2v) is 38.4. The van der Waals surface area contributed by atoms with E-state index in [2.05, 4.69) is 446 Å². The minimum absolute atomic E-state index is 0.462. The normalized spacial score (nSPS) is 13.1. The van der Waals surface area contributed by atoms with Gasteiger partial charge in [0.1, 0.15) is 5.82 Å². The molecule has 0 aliphatic heterocycles. The molecule has 3 aliphatic carbocycles. The average molecular weight is 1910 g/mol. The summed E-state index contributed by atoms with van der Waals surface area (Å²) in [4.78, 5) is 29.2. The third kappa shape index (κ3) is 13.3. The molecule has 3 aliphatic rings. The second-order valence-electron chi connectivity index (χ2n) is 38.4. The van der Waals surface area contributed by atoms with Crippen LogP contribution in [0.2, 0.25) is 0 Å². The molecule has 14 nitrogen and oxygen atoms in total. The smallest absolute Gasteiger partial charge is 0.248 e. The van der Waals surface area contributed by atoms with Crippen molar-refractivity contribution >= 4 is 82.6 Å². The van der Waals surface area contributed by atoms with Crippen LogP contribution in [0.25, 0.3) is 184 Å². The van der Waals surface area contributed by atoms with E-state index in [4.69, 9.17) is 29.3 Å². The first kappa shape index (κ1) is 85.8. The Bertz CT molecular complexity index is 9910. The summed E-state index contributed by atoms with van der Waals surface area (Å²) in [6.07, 6.45) is 11.5. The third-order valence-corrected chi connectivity index (χ3v) is 30.7. The fourth-order valence-electron chi connectivity index (χ4n) is 24.5. The molecule has 0 saturated heterocycles. The quantitative estimate of drug-likeness (QED) is 0.104. The highest BCUT2D eigenvalue weighted by molar-refractivity contribution is 6.13. The molecule has 10 heterocycles. The van der Waals surface area contributed by atoms with E-state index >= 15 is 0 Å². The van der Waals surface area contributed by atoms with Crippen molar-refractivity contribution in [2.24, 2.45) is 0 Å². The molecule has 0 radical (unpaired) electrons. The Hall–Kier alpha value is -20.0. The molecule has 18 aromatic carbocycles. The lowest BCUT2D eigenvalue weighted by Gasteiger charge is -2.33. The lowest BCUT2D eigenvalue weighted by atomic mass is 9.67. The molecule has 0 fully saturated rings. The van der Waals surface area contributed by atoms with Gasteiger partial charge in [0.25, 0.3) is 0 Å². The van der Waals surface area contributed by atoms with Crippen LogP contribution in [0, 0.1) is 0 Å². The first-order chi connectivity index (χ1) is 73.9. The molecule has 0 atom stereocenters. The van der Waals surface area contributed by atoms with Gasteiger partial charge in [-0.2, -0.15) is 0 Å². The number of fused-ring (bicyclic) bond motifs is 20. The Morgan fingerprint density at radius 1 is 0.215 bits per heavy atom. The van der Waals surface area contributed by atoms with Gasteiger partial charge in [0.15, 0.2) is 0 Å². The molecule has 0 amide bonds. The third-order valence-electron chi connectivity index (χ3n) is 30.7. The molecule has 14 heteroatoms. The molecule has 149 heavy (non-hydrogen) atoms. The first-order valence-corrected chi connectivity index (χ1v) is 50.4. The molecule has 0 spiro atoms. The van der Waals surface area contributed by atoms with E-state index in [9.17, 15) is 0 Å². The van der Waals surface area contributed by atoms with Gasteiger partial charge in [0.05, 0.1) is 82.6 Å². The Kier molecular flexibility index (Phi) is 20.0. The number of nitrogens with zero attached hydrogens (tertiary/aromatic N) is 13. The lowest BCUT2D eigenvalue weighted by molar-refractivity contribution is 0.584. The lowest BCUT2D eigenvalue weighted by Crippen LogP contribution is -2.28. The van der Waals surface area contributed by atoms with Gasteiger partial charge in [-0.15, -0.1) is 10.2 Å². The van der Waals surface area contributed by atoms with Crippen molar-refractivity contribution < 1.29 is 4.42 Å². The molecular formula is C135H87N13O. The minimum Gasteiger partial charge on any atom is -0.416 e. The van der Waals surface area contributed by atoms with E-state index in [1.165, 1.54) is 100 Å². The van der Waals surface area contributed by atoms with Crippen LogP contribution in [-0.2, 0) is 16.2 Å². The Morgan fingerprint density at radius 3 is 0.906 bits per heavy atom. The summed E-state index contributed by atoms with van der Waals surface area (Å²) in [5, 5.41) is 12.0. The van der Waals surface area contributed by atoms with E-state index in [0.717, 1.165) is 133 Å². The number of hydrogen-bond acceptors (Lipinski definition) is 9. The fraction of sp³-hybridized carbons (Fsp3) is 0.0222. The van der Waals surface area contributed by atoms with Crippen molar-refractivity contribution in [3.8, 4) is 102 Å². The fourth-order valence-corrected chi connectivity index (χ4v) is 24.5. The molecule has 10 aromatic heterocycles. The van der Waals surface area contributed by atoms with E-state index in [1.54, 1.807) is 6.20 Å². The van der Waals surface area contributed by atoms with Crippen molar-refractivity contribution in [3.05, 3.63) is 595 Å². The van der Waals surface area contributed by atoms with Gasteiger partial charge in [-0.05, 0) is 264 Å².